The molecule has 1 N–H and O–H groups in total. The number of rotatable bonds is 8. The van der Waals surface area contributed by atoms with E-state index < -0.39 is 0 Å². The van der Waals surface area contributed by atoms with E-state index in [-0.39, 0.29) is 0 Å². The highest BCUT2D eigenvalue weighted by atomic mass is 16.5. The lowest BCUT2D eigenvalue weighted by Gasteiger charge is -2.03. The number of hydrogen-bond acceptors (Lipinski definition) is 5. The Morgan fingerprint density at radius 2 is 2.26 bits per heavy atom. The van der Waals surface area contributed by atoms with Gasteiger partial charge in [-0.3, -0.25) is 0 Å². The highest BCUT2D eigenvalue weighted by molar-refractivity contribution is 4.98. The molecule has 0 bridgehead atoms. The van der Waals surface area contributed by atoms with Crippen molar-refractivity contribution in [3.05, 3.63) is 30.4 Å². The molecule has 0 aliphatic heterocycles. The number of nitrogens with one attached hydrogen (secondary N) is 1. The van der Waals surface area contributed by atoms with Gasteiger partial charge in [0.25, 0.3) is 0 Å². The van der Waals surface area contributed by atoms with Gasteiger partial charge in [-0.25, -0.2) is 14.6 Å². The molecule has 0 saturated carbocycles. The van der Waals surface area contributed by atoms with Crippen LogP contribution in [0.15, 0.2) is 18.9 Å². The van der Waals surface area contributed by atoms with Gasteiger partial charge in [0.05, 0.1) is 25.2 Å². The van der Waals surface area contributed by atoms with E-state index in [1.165, 1.54) is 0 Å². The van der Waals surface area contributed by atoms with Crippen molar-refractivity contribution in [2.24, 2.45) is 0 Å². The highest BCUT2D eigenvalue weighted by Gasteiger charge is 2.04. The van der Waals surface area contributed by atoms with E-state index in [0.717, 1.165) is 31.2 Å². The molecule has 0 amide bonds. The van der Waals surface area contributed by atoms with Crippen LogP contribution in [0.5, 0.6) is 0 Å². The quantitative estimate of drug-likeness (QED) is 0.693. The van der Waals surface area contributed by atoms with Crippen molar-refractivity contribution >= 4 is 0 Å². The fraction of sp³-hybridized carbons (Fsp3) is 0.583. The van der Waals surface area contributed by atoms with Gasteiger partial charge < -0.3 is 14.6 Å². The van der Waals surface area contributed by atoms with Crippen LogP contribution < -0.4 is 5.32 Å². The average Bonchev–Trinajstić information content (AvgIpc) is 3.04. The molecule has 2 aromatic heterocycles. The third-order valence-corrected chi connectivity index (χ3v) is 2.80. The number of methoxy groups -OCH3 is 1. The Labute approximate surface area is 112 Å². The molecule has 7 nitrogen and oxygen atoms in total. The van der Waals surface area contributed by atoms with Crippen molar-refractivity contribution < 1.29 is 4.74 Å². The summed E-state index contributed by atoms with van der Waals surface area (Å²) in [5.74, 6) is 0.943. The zero-order chi connectivity index (χ0) is 13.5. The minimum Gasteiger partial charge on any atom is -0.383 e. The zero-order valence-electron chi connectivity index (χ0n) is 11.4. The van der Waals surface area contributed by atoms with E-state index in [1.807, 2.05) is 21.8 Å². The number of aromatic nitrogens is 5. The van der Waals surface area contributed by atoms with Gasteiger partial charge in [0.15, 0.2) is 0 Å². The second-order valence-corrected chi connectivity index (χ2v) is 4.20. The van der Waals surface area contributed by atoms with Crippen LogP contribution in [0, 0.1) is 0 Å². The van der Waals surface area contributed by atoms with E-state index >= 15 is 0 Å². The van der Waals surface area contributed by atoms with Crippen LogP contribution in [0.2, 0.25) is 0 Å². The maximum Gasteiger partial charge on any atom is 0.146 e. The standard InChI is InChI=1S/C12H20N6O/c1-3-18-12(14-9-16-18)8-17-7-11(15-10-17)6-13-4-5-19-2/h7,9-10,13H,3-6,8H2,1-2H3. The highest BCUT2D eigenvalue weighted by Crippen LogP contribution is 2.01. The topological polar surface area (TPSA) is 69.8 Å². The molecule has 104 valence electrons. The first kappa shape index (κ1) is 13.7. The van der Waals surface area contributed by atoms with E-state index in [1.54, 1.807) is 13.4 Å². The molecule has 2 aromatic rings. The molecule has 0 spiro atoms. The second kappa shape index (κ2) is 7.01. The lowest BCUT2D eigenvalue weighted by molar-refractivity contribution is 0.199. The molecule has 0 saturated heterocycles. The van der Waals surface area contributed by atoms with Crippen molar-refractivity contribution in [3.63, 3.8) is 0 Å². The van der Waals surface area contributed by atoms with Crippen molar-refractivity contribution in [1.82, 2.24) is 29.6 Å². The van der Waals surface area contributed by atoms with E-state index in [2.05, 4.69) is 27.3 Å². The second-order valence-electron chi connectivity index (χ2n) is 4.20. The molecule has 2 heterocycles. The van der Waals surface area contributed by atoms with Gasteiger partial charge in [-0.2, -0.15) is 5.10 Å². The van der Waals surface area contributed by atoms with Crippen LogP contribution in [-0.2, 0) is 24.4 Å². The summed E-state index contributed by atoms with van der Waals surface area (Å²) < 4.78 is 8.88. The molecule has 0 atom stereocenters. The lowest BCUT2D eigenvalue weighted by Crippen LogP contribution is -2.18. The lowest BCUT2D eigenvalue weighted by atomic mass is 10.4. The first-order chi connectivity index (χ1) is 9.33. The van der Waals surface area contributed by atoms with E-state index in [4.69, 9.17) is 4.74 Å². The minimum absolute atomic E-state index is 0.693. The van der Waals surface area contributed by atoms with Gasteiger partial charge in [-0.1, -0.05) is 0 Å². The predicted octanol–water partition coefficient (Wildman–Crippen LogP) is 0.279. The van der Waals surface area contributed by atoms with Crippen molar-refractivity contribution in [2.45, 2.75) is 26.6 Å². The van der Waals surface area contributed by atoms with Crippen LogP contribution in [0.25, 0.3) is 0 Å². The molecule has 0 fully saturated rings. The fourth-order valence-corrected chi connectivity index (χ4v) is 1.81. The van der Waals surface area contributed by atoms with Crippen LogP contribution in [-0.4, -0.2) is 44.6 Å². The van der Waals surface area contributed by atoms with E-state index in [0.29, 0.717) is 13.2 Å². The SMILES string of the molecule is CCn1ncnc1Cn1cnc(CNCCOC)c1. The third kappa shape index (κ3) is 3.87. The zero-order valence-corrected chi connectivity index (χ0v) is 11.4. The Morgan fingerprint density at radius 3 is 3.05 bits per heavy atom. The summed E-state index contributed by atoms with van der Waals surface area (Å²) >= 11 is 0. The number of imidazole rings is 1. The van der Waals surface area contributed by atoms with Gasteiger partial charge in [0.2, 0.25) is 0 Å². The average molecular weight is 264 g/mol. The molecular weight excluding hydrogens is 244 g/mol. The Hall–Kier alpha value is -1.73. The maximum absolute atomic E-state index is 4.97. The van der Waals surface area contributed by atoms with Crippen LogP contribution >= 0.6 is 0 Å². The summed E-state index contributed by atoms with van der Waals surface area (Å²) in [6, 6.07) is 0. The number of hydrogen-bond donors (Lipinski definition) is 1. The number of ether oxygens (including phenoxy) is 1. The molecule has 0 aromatic carbocycles. The van der Waals surface area contributed by atoms with Gasteiger partial charge in [-0.15, -0.1) is 0 Å². The summed E-state index contributed by atoms with van der Waals surface area (Å²) in [5, 5.41) is 7.42. The monoisotopic (exact) mass is 264 g/mol. The van der Waals surface area contributed by atoms with Gasteiger partial charge >= 0.3 is 0 Å². The van der Waals surface area contributed by atoms with Gasteiger partial charge in [0.1, 0.15) is 12.2 Å². The first-order valence-corrected chi connectivity index (χ1v) is 6.40. The summed E-state index contributed by atoms with van der Waals surface area (Å²) in [6.07, 6.45) is 5.43. The molecule has 0 aliphatic rings. The Balaban J connectivity index is 1.87. The molecule has 0 radical (unpaired) electrons. The number of aryl methyl sites for hydroxylation is 1. The van der Waals surface area contributed by atoms with Gasteiger partial charge in [0, 0.05) is 32.9 Å². The fourth-order valence-electron chi connectivity index (χ4n) is 1.81. The Morgan fingerprint density at radius 1 is 1.37 bits per heavy atom. The van der Waals surface area contributed by atoms with Crippen molar-refractivity contribution in [3.8, 4) is 0 Å². The molecule has 19 heavy (non-hydrogen) atoms. The van der Waals surface area contributed by atoms with Crippen molar-refractivity contribution in [1.29, 1.82) is 0 Å². The molecule has 7 heteroatoms. The van der Waals surface area contributed by atoms with Crippen LogP contribution in [0.4, 0.5) is 0 Å². The maximum atomic E-state index is 4.97. The van der Waals surface area contributed by atoms with E-state index in [9.17, 15) is 0 Å². The predicted molar refractivity (Wildman–Crippen MR) is 70.6 cm³/mol. The molecule has 0 unspecified atom stereocenters. The Kier molecular flexibility index (Phi) is 5.05. The first-order valence-electron chi connectivity index (χ1n) is 6.40. The molecular formula is C12H20N6O. The Bertz CT molecular complexity index is 492. The summed E-state index contributed by atoms with van der Waals surface area (Å²) in [5.41, 5.74) is 1.01. The number of nitrogens with zero attached hydrogens (tertiary/aromatic N) is 5. The van der Waals surface area contributed by atoms with Crippen molar-refractivity contribution in [2.75, 3.05) is 20.3 Å². The third-order valence-electron chi connectivity index (χ3n) is 2.80. The van der Waals surface area contributed by atoms with Crippen LogP contribution in [0.3, 0.4) is 0 Å². The van der Waals surface area contributed by atoms with Crippen LogP contribution in [0.1, 0.15) is 18.4 Å². The smallest absolute Gasteiger partial charge is 0.146 e. The normalized spacial score (nSPS) is 11.1. The van der Waals surface area contributed by atoms with Gasteiger partial charge in [-0.05, 0) is 6.92 Å². The molecule has 0 aliphatic carbocycles. The summed E-state index contributed by atoms with van der Waals surface area (Å²) in [7, 11) is 1.69. The summed E-state index contributed by atoms with van der Waals surface area (Å²) in [4.78, 5) is 8.60. The molecule has 2 rings (SSSR count). The minimum atomic E-state index is 0.693. The summed E-state index contributed by atoms with van der Waals surface area (Å²) in [6.45, 7) is 5.86. The largest absolute Gasteiger partial charge is 0.383 e.